The van der Waals surface area contributed by atoms with Gasteiger partial charge in [-0.25, -0.2) is 0 Å². The number of rotatable bonds is 7. The molecule has 1 aliphatic carbocycles. The predicted octanol–water partition coefficient (Wildman–Crippen LogP) is 3.44. The smallest absolute Gasteiger partial charge is 0.169 e. The molecule has 1 aromatic rings. The molecule has 1 atom stereocenters. The van der Waals surface area contributed by atoms with Crippen LogP contribution in [0.4, 0.5) is 0 Å². The summed E-state index contributed by atoms with van der Waals surface area (Å²) in [5.74, 6) is 0. The molecule has 0 spiro atoms. The van der Waals surface area contributed by atoms with E-state index >= 15 is 0 Å². The van der Waals surface area contributed by atoms with E-state index in [1.54, 1.807) is 0 Å². The van der Waals surface area contributed by atoms with Gasteiger partial charge in [-0.05, 0) is 44.2 Å². The Labute approximate surface area is 122 Å². The maximum absolute atomic E-state index is 5.61. The van der Waals surface area contributed by atoms with Gasteiger partial charge >= 0.3 is 0 Å². The summed E-state index contributed by atoms with van der Waals surface area (Å²) in [7, 11) is 0. The van der Waals surface area contributed by atoms with Crippen molar-refractivity contribution in [2.75, 3.05) is 19.8 Å². The zero-order chi connectivity index (χ0) is 14.2. The van der Waals surface area contributed by atoms with Crippen LogP contribution in [-0.2, 0) is 15.9 Å². The maximum atomic E-state index is 5.61. The van der Waals surface area contributed by atoms with Crippen LogP contribution < -0.4 is 5.32 Å². The number of fused-ring (bicyclic) bond motifs is 1. The Balaban J connectivity index is 1.97. The summed E-state index contributed by atoms with van der Waals surface area (Å²) in [4.78, 5) is 0. The summed E-state index contributed by atoms with van der Waals surface area (Å²) in [5.41, 5.74) is 2.95. The van der Waals surface area contributed by atoms with Gasteiger partial charge in [-0.1, -0.05) is 30.7 Å². The Morgan fingerprint density at radius 2 is 1.90 bits per heavy atom. The number of ether oxygens (including phenoxy) is 2. The van der Waals surface area contributed by atoms with Gasteiger partial charge in [0.2, 0.25) is 0 Å². The van der Waals surface area contributed by atoms with Gasteiger partial charge in [0.25, 0.3) is 0 Å². The molecule has 0 saturated carbocycles. The fraction of sp³-hybridized carbons (Fsp3) is 0.647. The van der Waals surface area contributed by atoms with Gasteiger partial charge in [0.05, 0.1) is 0 Å². The van der Waals surface area contributed by atoms with Crippen molar-refractivity contribution in [2.24, 2.45) is 0 Å². The molecule has 0 amide bonds. The highest BCUT2D eigenvalue weighted by molar-refractivity contribution is 5.31. The molecule has 3 nitrogen and oxygen atoms in total. The third-order valence-corrected chi connectivity index (χ3v) is 3.86. The molecule has 0 aliphatic heterocycles. The first-order valence-corrected chi connectivity index (χ1v) is 7.89. The van der Waals surface area contributed by atoms with Crippen molar-refractivity contribution < 1.29 is 9.47 Å². The van der Waals surface area contributed by atoms with E-state index in [0.717, 1.165) is 6.54 Å². The van der Waals surface area contributed by atoms with Crippen molar-refractivity contribution in [3.63, 3.8) is 0 Å². The fourth-order valence-corrected chi connectivity index (χ4v) is 2.91. The molecule has 0 heterocycles. The molecule has 20 heavy (non-hydrogen) atoms. The van der Waals surface area contributed by atoms with E-state index in [9.17, 15) is 0 Å². The van der Waals surface area contributed by atoms with Crippen molar-refractivity contribution in [3.05, 3.63) is 35.4 Å². The van der Waals surface area contributed by atoms with E-state index < -0.39 is 0 Å². The second-order valence-electron chi connectivity index (χ2n) is 5.25. The fourth-order valence-electron chi connectivity index (χ4n) is 2.91. The first kappa shape index (κ1) is 15.5. The molecular formula is C17H27NO2. The van der Waals surface area contributed by atoms with Crippen molar-refractivity contribution >= 4 is 0 Å². The number of nitrogens with one attached hydrogen (secondary N) is 1. The third kappa shape index (κ3) is 4.30. The number of aryl methyl sites for hydroxylation is 1. The molecule has 0 bridgehead atoms. The SMILES string of the molecule is CCOC(CNC1CCCCc2ccccc21)OCC. The van der Waals surface area contributed by atoms with Crippen molar-refractivity contribution in [3.8, 4) is 0 Å². The minimum absolute atomic E-state index is 0.139. The Morgan fingerprint density at radius 3 is 2.65 bits per heavy atom. The molecule has 3 heteroatoms. The molecule has 1 N–H and O–H groups in total. The topological polar surface area (TPSA) is 30.5 Å². The lowest BCUT2D eigenvalue weighted by atomic mass is 9.99. The molecule has 0 radical (unpaired) electrons. The highest BCUT2D eigenvalue weighted by Crippen LogP contribution is 2.28. The van der Waals surface area contributed by atoms with Crippen LogP contribution in [0.15, 0.2) is 24.3 Å². The third-order valence-electron chi connectivity index (χ3n) is 3.86. The van der Waals surface area contributed by atoms with Crippen LogP contribution in [0, 0.1) is 0 Å². The van der Waals surface area contributed by atoms with E-state index in [0.29, 0.717) is 19.3 Å². The highest BCUT2D eigenvalue weighted by atomic mass is 16.7. The average Bonchev–Trinajstić information content (AvgIpc) is 2.67. The van der Waals surface area contributed by atoms with Gasteiger partial charge < -0.3 is 14.8 Å². The van der Waals surface area contributed by atoms with Crippen molar-refractivity contribution in [2.45, 2.75) is 51.9 Å². The zero-order valence-electron chi connectivity index (χ0n) is 12.7. The lowest BCUT2D eigenvalue weighted by Gasteiger charge is -2.23. The number of hydrogen-bond donors (Lipinski definition) is 1. The zero-order valence-corrected chi connectivity index (χ0v) is 12.7. The van der Waals surface area contributed by atoms with Gasteiger partial charge in [-0.15, -0.1) is 0 Å². The summed E-state index contributed by atoms with van der Waals surface area (Å²) in [6.07, 6.45) is 4.83. The molecule has 0 fully saturated rings. The maximum Gasteiger partial charge on any atom is 0.169 e. The van der Waals surface area contributed by atoms with E-state index in [-0.39, 0.29) is 6.29 Å². The molecular weight excluding hydrogens is 250 g/mol. The predicted molar refractivity (Wildman–Crippen MR) is 81.8 cm³/mol. The monoisotopic (exact) mass is 277 g/mol. The minimum Gasteiger partial charge on any atom is -0.352 e. The van der Waals surface area contributed by atoms with Crippen LogP contribution in [-0.4, -0.2) is 26.0 Å². The Bertz CT molecular complexity index is 388. The summed E-state index contributed by atoms with van der Waals surface area (Å²) >= 11 is 0. The molecule has 0 saturated heterocycles. The minimum atomic E-state index is -0.139. The van der Waals surface area contributed by atoms with Gasteiger partial charge in [0.1, 0.15) is 0 Å². The normalized spacial score (nSPS) is 18.9. The first-order valence-electron chi connectivity index (χ1n) is 7.89. The molecule has 2 rings (SSSR count). The van der Waals surface area contributed by atoms with E-state index in [1.165, 1.54) is 36.8 Å². The highest BCUT2D eigenvalue weighted by Gasteiger charge is 2.19. The Morgan fingerprint density at radius 1 is 1.15 bits per heavy atom. The summed E-state index contributed by atoms with van der Waals surface area (Å²) in [5, 5.41) is 3.64. The van der Waals surface area contributed by atoms with Crippen LogP contribution in [0.2, 0.25) is 0 Å². The summed E-state index contributed by atoms with van der Waals surface area (Å²) in [6, 6.07) is 9.23. The van der Waals surface area contributed by atoms with Gasteiger partial charge in [0.15, 0.2) is 6.29 Å². The van der Waals surface area contributed by atoms with Crippen LogP contribution in [0.1, 0.15) is 50.3 Å². The lowest BCUT2D eigenvalue weighted by molar-refractivity contribution is -0.133. The molecule has 1 aliphatic rings. The average molecular weight is 277 g/mol. The Hall–Kier alpha value is -0.900. The first-order chi connectivity index (χ1) is 9.85. The second-order valence-corrected chi connectivity index (χ2v) is 5.25. The molecule has 1 unspecified atom stereocenters. The molecule has 0 aromatic heterocycles. The van der Waals surface area contributed by atoms with Crippen LogP contribution in [0.5, 0.6) is 0 Å². The Kier molecular flexibility index (Phi) is 6.51. The van der Waals surface area contributed by atoms with E-state index in [4.69, 9.17) is 9.47 Å². The van der Waals surface area contributed by atoms with Crippen LogP contribution >= 0.6 is 0 Å². The van der Waals surface area contributed by atoms with Crippen molar-refractivity contribution in [1.82, 2.24) is 5.32 Å². The number of hydrogen-bond acceptors (Lipinski definition) is 3. The standard InChI is InChI=1S/C17H27NO2/c1-3-19-17(20-4-2)13-18-16-12-8-6-10-14-9-5-7-11-15(14)16/h5,7,9,11,16-18H,3-4,6,8,10,12-13H2,1-2H3. The quantitative estimate of drug-likeness (QED) is 0.612. The second kappa shape index (κ2) is 8.40. The van der Waals surface area contributed by atoms with Gasteiger partial charge in [0, 0.05) is 25.8 Å². The lowest BCUT2D eigenvalue weighted by Crippen LogP contribution is -2.34. The van der Waals surface area contributed by atoms with E-state index in [2.05, 4.69) is 29.6 Å². The van der Waals surface area contributed by atoms with Gasteiger partial charge in [-0.2, -0.15) is 0 Å². The summed E-state index contributed by atoms with van der Waals surface area (Å²) < 4.78 is 11.2. The van der Waals surface area contributed by atoms with Crippen molar-refractivity contribution in [1.29, 1.82) is 0 Å². The number of benzene rings is 1. The van der Waals surface area contributed by atoms with Crippen LogP contribution in [0.25, 0.3) is 0 Å². The summed E-state index contributed by atoms with van der Waals surface area (Å²) in [6.45, 7) is 6.14. The largest absolute Gasteiger partial charge is 0.352 e. The van der Waals surface area contributed by atoms with Gasteiger partial charge in [-0.3, -0.25) is 0 Å². The van der Waals surface area contributed by atoms with E-state index in [1.807, 2.05) is 13.8 Å². The molecule has 1 aromatic carbocycles. The van der Waals surface area contributed by atoms with Crippen LogP contribution in [0.3, 0.4) is 0 Å². The molecule has 112 valence electrons.